The predicted molar refractivity (Wildman–Crippen MR) is 73.2 cm³/mol. The van der Waals surface area contributed by atoms with Crippen LogP contribution in [0, 0.1) is 5.41 Å². The van der Waals surface area contributed by atoms with E-state index in [-0.39, 0.29) is 0 Å². The van der Waals surface area contributed by atoms with Crippen LogP contribution in [-0.4, -0.2) is 20.8 Å². The molecule has 1 aliphatic carbocycles. The maximum Gasteiger partial charge on any atom is 0.165 e. The molecule has 1 saturated carbocycles. The second kappa shape index (κ2) is 5.61. The molecule has 1 aromatic carbocycles. The molecular formula is C15H23NO2. The van der Waals surface area contributed by atoms with Crippen LogP contribution in [0.2, 0.25) is 0 Å². The van der Waals surface area contributed by atoms with Gasteiger partial charge in [-0.25, -0.2) is 0 Å². The largest absolute Gasteiger partial charge is 0.493 e. The molecule has 1 aromatic rings. The molecule has 3 nitrogen and oxygen atoms in total. The molecule has 0 atom stereocenters. The van der Waals surface area contributed by atoms with E-state index < -0.39 is 0 Å². The van der Waals surface area contributed by atoms with Gasteiger partial charge in [-0.2, -0.15) is 0 Å². The van der Waals surface area contributed by atoms with Gasteiger partial charge in [0.25, 0.3) is 0 Å². The summed E-state index contributed by atoms with van der Waals surface area (Å²) in [7, 11) is 3.36. The lowest BCUT2D eigenvalue weighted by atomic mass is 9.70. The maximum absolute atomic E-state index is 5.43. The van der Waals surface area contributed by atoms with Crippen molar-refractivity contribution in [1.29, 1.82) is 0 Å². The Bertz CT molecular complexity index is 399. The molecule has 0 radical (unpaired) electrons. The topological polar surface area (TPSA) is 30.5 Å². The smallest absolute Gasteiger partial charge is 0.165 e. The molecule has 2 rings (SSSR count). The summed E-state index contributed by atoms with van der Waals surface area (Å²) in [5, 5.41) is 3.53. The Morgan fingerprint density at radius 2 is 2.00 bits per heavy atom. The van der Waals surface area contributed by atoms with Crippen molar-refractivity contribution < 1.29 is 9.47 Å². The van der Waals surface area contributed by atoms with Crippen molar-refractivity contribution in [2.24, 2.45) is 5.41 Å². The fourth-order valence-electron chi connectivity index (χ4n) is 2.55. The van der Waals surface area contributed by atoms with Gasteiger partial charge in [-0.15, -0.1) is 0 Å². The Morgan fingerprint density at radius 3 is 2.56 bits per heavy atom. The number of methoxy groups -OCH3 is 2. The number of nitrogens with one attached hydrogen (secondary N) is 1. The van der Waals surface area contributed by atoms with E-state index in [4.69, 9.17) is 9.47 Å². The first-order valence-corrected chi connectivity index (χ1v) is 6.59. The second-order valence-electron chi connectivity index (χ2n) is 5.42. The lowest BCUT2D eigenvalue weighted by Gasteiger charge is -2.38. The quantitative estimate of drug-likeness (QED) is 0.840. The molecule has 0 saturated heterocycles. The maximum atomic E-state index is 5.43. The highest BCUT2D eigenvalue weighted by molar-refractivity contribution is 5.46. The molecule has 1 aliphatic rings. The van der Waals surface area contributed by atoms with Gasteiger partial charge in [-0.3, -0.25) is 0 Å². The monoisotopic (exact) mass is 249 g/mol. The molecule has 0 unspecified atom stereocenters. The Kier molecular flexibility index (Phi) is 4.12. The molecule has 0 amide bonds. The molecule has 0 bridgehead atoms. The first kappa shape index (κ1) is 13.2. The first-order valence-electron chi connectivity index (χ1n) is 6.59. The Hall–Kier alpha value is -1.22. The van der Waals surface area contributed by atoms with Gasteiger partial charge in [0.2, 0.25) is 0 Å². The summed E-state index contributed by atoms with van der Waals surface area (Å²) in [5.74, 6) is 1.64. The van der Waals surface area contributed by atoms with Gasteiger partial charge in [-0.05, 0) is 24.3 Å². The van der Waals surface area contributed by atoms with Crippen LogP contribution in [0.1, 0.15) is 31.7 Å². The van der Waals surface area contributed by atoms with Gasteiger partial charge in [0, 0.05) is 18.7 Å². The minimum absolute atomic E-state index is 0.506. The SMILES string of the molecule is COc1cccc(CNCC2(C)CCC2)c1OC. The van der Waals surface area contributed by atoms with E-state index in [0.29, 0.717) is 5.41 Å². The molecular weight excluding hydrogens is 226 g/mol. The van der Waals surface area contributed by atoms with E-state index in [1.807, 2.05) is 12.1 Å². The van der Waals surface area contributed by atoms with Gasteiger partial charge in [-0.1, -0.05) is 25.5 Å². The molecule has 18 heavy (non-hydrogen) atoms. The molecule has 1 fully saturated rings. The highest BCUT2D eigenvalue weighted by atomic mass is 16.5. The van der Waals surface area contributed by atoms with Crippen molar-refractivity contribution in [2.45, 2.75) is 32.7 Å². The average Bonchev–Trinajstić information content (AvgIpc) is 2.36. The van der Waals surface area contributed by atoms with Crippen LogP contribution >= 0.6 is 0 Å². The number of hydrogen-bond donors (Lipinski definition) is 1. The molecule has 0 aromatic heterocycles. The van der Waals surface area contributed by atoms with E-state index >= 15 is 0 Å². The number of para-hydroxylation sites is 1. The number of rotatable bonds is 6. The molecule has 100 valence electrons. The predicted octanol–water partition coefficient (Wildman–Crippen LogP) is 2.98. The van der Waals surface area contributed by atoms with Crippen LogP contribution in [0.5, 0.6) is 11.5 Å². The highest BCUT2D eigenvalue weighted by Crippen LogP contribution is 2.39. The molecule has 1 N–H and O–H groups in total. The van der Waals surface area contributed by atoms with Crippen LogP contribution < -0.4 is 14.8 Å². The summed E-state index contributed by atoms with van der Waals surface area (Å²) in [6.07, 6.45) is 4.06. The summed E-state index contributed by atoms with van der Waals surface area (Å²) in [5.41, 5.74) is 1.66. The average molecular weight is 249 g/mol. The standard InChI is InChI=1S/C15H23NO2/c1-15(8-5-9-15)11-16-10-12-6-4-7-13(17-2)14(12)18-3/h4,6-7,16H,5,8-11H2,1-3H3. The molecule has 0 spiro atoms. The minimum atomic E-state index is 0.506. The summed E-state index contributed by atoms with van der Waals surface area (Å²) in [6, 6.07) is 6.01. The summed E-state index contributed by atoms with van der Waals surface area (Å²) in [6.45, 7) is 4.26. The van der Waals surface area contributed by atoms with Crippen LogP contribution in [0.25, 0.3) is 0 Å². The van der Waals surface area contributed by atoms with E-state index in [1.54, 1.807) is 14.2 Å². The summed E-state index contributed by atoms with van der Waals surface area (Å²) >= 11 is 0. The lowest BCUT2D eigenvalue weighted by molar-refractivity contribution is 0.156. The normalized spacial score (nSPS) is 17.1. The zero-order valence-corrected chi connectivity index (χ0v) is 11.6. The fourth-order valence-corrected chi connectivity index (χ4v) is 2.55. The zero-order valence-electron chi connectivity index (χ0n) is 11.6. The lowest BCUT2D eigenvalue weighted by Crippen LogP contribution is -2.37. The Morgan fingerprint density at radius 1 is 1.22 bits per heavy atom. The van der Waals surface area contributed by atoms with Crippen molar-refractivity contribution in [3.05, 3.63) is 23.8 Å². The van der Waals surface area contributed by atoms with Gasteiger partial charge in [0.15, 0.2) is 11.5 Å². The van der Waals surface area contributed by atoms with Crippen LogP contribution in [0.4, 0.5) is 0 Å². The van der Waals surface area contributed by atoms with Crippen molar-refractivity contribution in [3.63, 3.8) is 0 Å². The van der Waals surface area contributed by atoms with Crippen molar-refractivity contribution in [2.75, 3.05) is 20.8 Å². The van der Waals surface area contributed by atoms with E-state index in [0.717, 1.165) is 30.2 Å². The third-order valence-corrected chi connectivity index (χ3v) is 3.91. The Balaban J connectivity index is 1.96. The summed E-state index contributed by atoms with van der Waals surface area (Å²) < 4.78 is 10.7. The fraction of sp³-hybridized carbons (Fsp3) is 0.600. The van der Waals surface area contributed by atoms with Crippen LogP contribution in [0.3, 0.4) is 0 Å². The number of ether oxygens (including phenoxy) is 2. The third kappa shape index (κ3) is 2.78. The summed E-state index contributed by atoms with van der Waals surface area (Å²) in [4.78, 5) is 0. The minimum Gasteiger partial charge on any atom is -0.493 e. The van der Waals surface area contributed by atoms with Crippen molar-refractivity contribution in [3.8, 4) is 11.5 Å². The van der Waals surface area contributed by atoms with Gasteiger partial charge >= 0.3 is 0 Å². The van der Waals surface area contributed by atoms with Crippen molar-refractivity contribution in [1.82, 2.24) is 5.32 Å². The van der Waals surface area contributed by atoms with Crippen LogP contribution in [0.15, 0.2) is 18.2 Å². The first-order chi connectivity index (χ1) is 8.68. The van der Waals surface area contributed by atoms with Crippen LogP contribution in [-0.2, 0) is 6.54 Å². The van der Waals surface area contributed by atoms with E-state index in [9.17, 15) is 0 Å². The van der Waals surface area contributed by atoms with Gasteiger partial charge in [0.1, 0.15) is 0 Å². The zero-order chi connectivity index (χ0) is 13.0. The molecule has 3 heteroatoms. The van der Waals surface area contributed by atoms with Crippen molar-refractivity contribution >= 4 is 0 Å². The molecule has 0 heterocycles. The third-order valence-electron chi connectivity index (χ3n) is 3.91. The van der Waals surface area contributed by atoms with E-state index in [2.05, 4.69) is 18.3 Å². The van der Waals surface area contributed by atoms with Gasteiger partial charge in [0.05, 0.1) is 14.2 Å². The second-order valence-corrected chi connectivity index (χ2v) is 5.42. The Labute approximate surface area is 109 Å². The van der Waals surface area contributed by atoms with E-state index in [1.165, 1.54) is 19.3 Å². The number of benzene rings is 1. The van der Waals surface area contributed by atoms with Gasteiger partial charge < -0.3 is 14.8 Å². The highest BCUT2D eigenvalue weighted by Gasteiger charge is 2.30. The number of hydrogen-bond acceptors (Lipinski definition) is 3. The molecule has 0 aliphatic heterocycles.